The summed E-state index contributed by atoms with van der Waals surface area (Å²) in [5, 5.41) is 7.31. The van der Waals surface area contributed by atoms with E-state index in [1.54, 1.807) is 12.3 Å². The van der Waals surface area contributed by atoms with Crippen LogP contribution in [0.1, 0.15) is 19.7 Å². The molecule has 1 fully saturated rings. The molecule has 6 nitrogen and oxygen atoms in total. The molecule has 2 aromatic rings. The van der Waals surface area contributed by atoms with Crippen LogP contribution in [0.4, 0.5) is 5.69 Å². The number of nitrogens with zero attached hydrogens (tertiary/aromatic N) is 3. The normalized spacial score (nSPS) is 15.7. The zero-order valence-electron chi connectivity index (χ0n) is 15.3. The van der Waals surface area contributed by atoms with Gasteiger partial charge < -0.3 is 9.88 Å². The summed E-state index contributed by atoms with van der Waals surface area (Å²) >= 11 is 0. The first-order valence-corrected chi connectivity index (χ1v) is 8.93. The average molecular weight is 351 g/mol. The molecule has 6 heteroatoms. The Balaban J connectivity index is 1.65. The number of nitrogens with one attached hydrogen (secondary N) is 2. The highest BCUT2D eigenvalue weighted by Crippen LogP contribution is 2.23. The lowest BCUT2D eigenvalue weighted by Crippen LogP contribution is -2.48. The van der Waals surface area contributed by atoms with Gasteiger partial charge in [-0.2, -0.15) is 0 Å². The van der Waals surface area contributed by atoms with E-state index in [1.807, 2.05) is 0 Å². The van der Waals surface area contributed by atoms with Gasteiger partial charge in [0.05, 0.1) is 17.6 Å². The van der Waals surface area contributed by atoms with Crippen molar-refractivity contribution in [1.29, 1.82) is 5.41 Å². The number of H-pyrrole nitrogens is 1. The molecule has 0 amide bonds. The summed E-state index contributed by atoms with van der Waals surface area (Å²) in [4.78, 5) is 22.8. The van der Waals surface area contributed by atoms with Crippen molar-refractivity contribution in [3.8, 4) is 11.3 Å². The molecular weight excluding hydrogens is 326 g/mol. The molecular formula is C20H25N5O. The van der Waals surface area contributed by atoms with Crippen LogP contribution in [-0.4, -0.2) is 59.1 Å². The molecule has 2 heterocycles. The second kappa shape index (κ2) is 8.10. The zero-order chi connectivity index (χ0) is 18.5. The summed E-state index contributed by atoms with van der Waals surface area (Å²) in [6.07, 6.45) is 5.32. The fraction of sp³-hybridized carbons (Fsp3) is 0.350. The van der Waals surface area contributed by atoms with Crippen LogP contribution >= 0.6 is 0 Å². The summed E-state index contributed by atoms with van der Waals surface area (Å²) in [5.74, 6) is 0.625. The van der Waals surface area contributed by atoms with Gasteiger partial charge in [0.2, 0.25) is 0 Å². The number of allylic oxidation sites excluding steroid dienone is 1. The molecule has 0 unspecified atom stereocenters. The molecule has 0 spiro atoms. The van der Waals surface area contributed by atoms with Crippen molar-refractivity contribution in [3.05, 3.63) is 42.4 Å². The lowest BCUT2D eigenvalue weighted by molar-refractivity contribution is -0.102. The molecule has 3 rings (SSSR count). The van der Waals surface area contributed by atoms with Crippen molar-refractivity contribution in [2.24, 2.45) is 0 Å². The molecule has 1 aromatic heterocycles. The van der Waals surface area contributed by atoms with Gasteiger partial charge in [-0.1, -0.05) is 12.1 Å². The van der Waals surface area contributed by atoms with Crippen LogP contribution in [0.2, 0.25) is 0 Å². The third-order valence-corrected chi connectivity index (χ3v) is 4.73. The monoisotopic (exact) mass is 351 g/mol. The Bertz CT molecular complexity index is 783. The Labute approximate surface area is 154 Å². The first kappa shape index (κ1) is 18.1. The van der Waals surface area contributed by atoms with E-state index in [0.717, 1.165) is 37.4 Å². The first-order chi connectivity index (χ1) is 12.6. The van der Waals surface area contributed by atoms with Gasteiger partial charge in [-0.25, -0.2) is 4.98 Å². The number of imidazole rings is 1. The highest BCUT2D eigenvalue weighted by atomic mass is 16.1. The van der Waals surface area contributed by atoms with Crippen LogP contribution in [0.25, 0.3) is 17.3 Å². The number of benzene rings is 1. The predicted molar refractivity (Wildman–Crippen MR) is 106 cm³/mol. The molecule has 1 aliphatic rings. The van der Waals surface area contributed by atoms with Crippen LogP contribution in [0.15, 0.2) is 36.5 Å². The maximum atomic E-state index is 10.5. The Morgan fingerprint density at radius 2 is 1.88 bits per heavy atom. The summed E-state index contributed by atoms with van der Waals surface area (Å²) in [7, 11) is 0. The molecule has 26 heavy (non-hydrogen) atoms. The second-order valence-corrected chi connectivity index (χ2v) is 6.75. The van der Waals surface area contributed by atoms with Gasteiger partial charge >= 0.3 is 0 Å². The maximum absolute atomic E-state index is 10.5. The fourth-order valence-electron chi connectivity index (χ4n) is 3.12. The van der Waals surface area contributed by atoms with E-state index in [0.29, 0.717) is 18.2 Å². The van der Waals surface area contributed by atoms with Crippen LogP contribution in [0.5, 0.6) is 0 Å². The van der Waals surface area contributed by atoms with Crippen molar-refractivity contribution in [2.45, 2.75) is 19.9 Å². The number of carbonyl (C=O) groups is 1. The van der Waals surface area contributed by atoms with E-state index in [1.165, 1.54) is 11.8 Å². The largest absolute Gasteiger partial charge is 0.369 e. The number of carbonyl (C=O) groups excluding carboxylic acids is 1. The minimum absolute atomic E-state index is 0.0788. The summed E-state index contributed by atoms with van der Waals surface area (Å²) in [6.45, 7) is 8.82. The molecule has 0 saturated carbocycles. The average Bonchev–Trinajstić information content (AvgIpc) is 3.15. The summed E-state index contributed by atoms with van der Waals surface area (Å²) < 4.78 is 0. The van der Waals surface area contributed by atoms with Gasteiger partial charge in [-0.3, -0.25) is 15.1 Å². The molecule has 1 saturated heterocycles. The van der Waals surface area contributed by atoms with E-state index in [9.17, 15) is 4.79 Å². The third-order valence-electron chi connectivity index (χ3n) is 4.73. The van der Waals surface area contributed by atoms with E-state index >= 15 is 0 Å². The Hall–Kier alpha value is -2.73. The fourth-order valence-corrected chi connectivity index (χ4v) is 3.12. The molecule has 0 atom stereocenters. The topological polar surface area (TPSA) is 76.1 Å². The number of piperazine rings is 1. The van der Waals surface area contributed by atoms with Crippen molar-refractivity contribution in [2.75, 3.05) is 31.1 Å². The molecule has 1 aliphatic heterocycles. The molecule has 136 valence electrons. The maximum Gasteiger partial charge on any atom is 0.167 e. The first-order valence-electron chi connectivity index (χ1n) is 8.93. The third kappa shape index (κ3) is 4.26. The van der Waals surface area contributed by atoms with Crippen LogP contribution in [0.3, 0.4) is 0 Å². The number of aldehydes is 1. The van der Waals surface area contributed by atoms with E-state index in [-0.39, 0.29) is 5.71 Å². The van der Waals surface area contributed by atoms with Crippen molar-refractivity contribution in [1.82, 2.24) is 14.9 Å². The lowest BCUT2D eigenvalue weighted by atomic mass is 10.1. The van der Waals surface area contributed by atoms with E-state index in [4.69, 9.17) is 5.41 Å². The highest BCUT2D eigenvalue weighted by molar-refractivity contribution is 6.33. The Morgan fingerprint density at radius 1 is 1.19 bits per heavy atom. The predicted octanol–water partition coefficient (Wildman–Crippen LogP) is 2.84. The van der Waals surface area contributed by atoms with Crippen molar-refractivity contribution in [3.63, 3.8) is 0 Å². The van der Waals surface area contributed by atoms with Crippen LogP contribution in [0, 0.1) is 5.41 Å². The number of anilines is 1. The van der Waals surface area contributed by atoms with Crippen molar-refractivity contribution >= 4 is 23.8 Å². The van der Waals surface area contributed by atoms with Crippen LogP contribution in [-0.2, 0) is 4.79 Å². The Kier molecular flexibility index (Phi) is 5.63. The zero-order valence-corrected chi connectivity index (χ0v) is 15.3. The summed E-state index contributed by atoms with van der Waals surface area (Å²) in [6, 6.07) is 9.10. The van der Waals surface area contributed by atoms with Crippen molar-refractivity contribution < 1.29 is 4.79 Å². The minimum atomic E-state index is -0.0788. The van der Waals surface area contributed by atoms with E-state index in [2.05, 4.69) is 57.9 Å². The molecule has 1 aromatic carbocycles. The number of rotatable bonds is 6. The molecule has 0 bridgehead atoms. The SMILES string of the molecule is CC(C)N1CCN(c2ccc(-c3cnc(/C=C\C(=N)C=O)[nH]3)cc2)CC1. The van der Waals surface area contributed by atoms with Gasteiger partial charge in [0.25, 0.3) is 0 Å². The molecule has 0 radical (unpaired) electrons. The second-order valence-electron chi connectivity index (χ2n) is 6.75. The smallest absolute Gasteiger partial charge is 0.167 e. The Morgan fingerprint density at radius 3 is 2.50 bits per heavy atom. The standard InChI is InChI=1S/C20H25N5O/c1-15(2)24-9-11-25(12-10-24)18-6-3-16(4-7-18)19-13-22-20(23-19)8-5-17(21)14-26/h3-8,13-15,21H,9-12H2,1-2H3,(H,22,23)/b8-5-,21-17?. The number of aromatic amines is 1. The molecule has 0 aliphatic carbocycles. The number of hydrogen-bond donors (Lipinski definition) is 2. The van der Waals surface area contributed by atoms with Gasteiger partial charge in [0, 0.05) is 37.9 Å². The molecule has 2 N–H and O–H groups in total. The van der Waals surface area contributed by atoms with Gasteiger partial charge in [0.15, 0.2) is 6.29 Å². The lowest BCUT2D eigenvalue weighted by Gasteiger charge is -2.38. The summed E-state index contributed by atoms with van der Waals surface area (Å²) in [5.41, 5.74) is 3.15. The number of hydrogen-bond acceptors (Lipinski definition) is 5. The van der Waals surface area contributed by atoms with Gasteiger partial charge in [0.1, 0.15) is 5.82 Å². The van der Waals surface area contributed by atoms with Crippen LogP contribution < -0.4 is 4.90 Å². The highest BCUT2D eigenvalue weighted by Gasteiger charge is 2.18. The van der Waals surface area contributed by atoms with Gasteiger partial charge in [-0.15, -0.1) is 0 Å². The number of aromatic nitrogens is 2. The van der Waals surface area contributed by atoms with Gasteiger partial charge in [-0.05, 0) is 43.7 Å². The minimum Gasteiger partial charge on any atom is -0.369 e. The quantitative estimate of drug-likeness (QED) is 0.620. The van der Waals surface area contributed by atoms with E-state index < -0.39 is 0 Å².